The van der Waals surface area contributed by atoms with Crippen molar-refractivity contribution in [3.8, 4) is 11.5 Å². The van der Waals surface area contributed by atoms with Crippen LogP contribution in [0.15, 0.2) is 41.3 Å². The van der Waals surface area contributed by atoms with Crippen LogP contribution in [0.5, 0.6) is 0 Å². The fourth-order valence-corrected chi connectivity index (χ4v) is 2.69. The number of carbonyl (C=O) groups excluding carboxylic acids is 1. The third-order valence-electron chi connectivity index (χ3n) is 4.04. The van der Waals surface area contributed by atoms with E-state index in [0.717, 1.165) is 29.1 Å². The molecule has 1 aromatic carbocycles. The van der Waals surface area contributed by atoms with E-state index in [1.165, 1.54) is 6.26 Å². The average Bonchev–Trinajstić information content (AvgIpc) is 3.20. The van der Waals surface area contributed by atoms with Gasteiger partial charge in [0.1, 0.15) is 6.26 Å². The molecule has 0 bridgehead atoms. The highest BCUT2D eigenvalue weighted by molar-refractivity contribution is 6.05. The monoisotopic (exact) mass is 338 g/mol. The second kappa shape index (κ2) is 6.93. The van der Waals surface area contributed by atoms with E-state index in [9.17, 15) is 4.79 Å². The van der Waals surface area contributed by atoms with Crippen LogP contribution in [0, 0.1) is 19.8 Å². The third kappa shape index (κ3) is 3.63. The highest BCUT2D eigenvalue weighted by Gasteiger charge is 2.16. The molecule has 0 atom stereocenters. The number of nitrogens with zero attached hydrogens (tertiary/aromatic N) is 3. The van der Waals surface area contributed by atoms with Gasteiger partial charge in [-0.05, 0) is 43.5 Å². The number of amides is 1. The van der Waals surface area contributed by atoms with Crippen LogP contribution < -0.4 is 5.32 Å². The molecule has 0 saturated heterocycles. The molecular weight excluding hydrogens is 316 g/mol. The number of aromatic nitrogens is 3. The Morgan fingerprint density at radius 2 is 2.12 bits per heavy atom. The summed E-state index contributed by atoms with van der Waals surface area (Å²) < 4.78 is 7.18. The summed E-state index contributed by atoms with van der Waals surface area (Å²) in [7, 11) is 0. The topological polar surface area (TPSA) is 73.0 Å². The number of rotatable bonds is 5. The molecule has 3 aromatic rings. The highest BCUT2D eigenvalue weighted by atomic mass is 16.3. The number of hydrogen-bond donors (Lipinski definition) is 1. The molecule has 3 rings (SSSR count). The molecule has 0 fully saturated rings. The fraction of sp³-hybridized carbons (Fsp3) is 0.316. The lowest BCUT2D eigenvalue weighted by Crippen LogP contribution is -2.15. The molecule has 1 amide bonds. The number of nitrogens with one attached hydrogen (secondary N) is 1. The quantitative estimate of drug-likeness (QED) is 0.761. The van der Waals surface area contributed by atoms with Gasteiger partial charge in [-0.2, -0.15) is 5.10 Å². The van der Waals surface area contributed by atoms with Gasteiger partial charge in [-0.15, -0.1) is 0 Å². The Balaban J connectivity index is 1.78. The standard InChI is InChI=1S/C19H22N4O2/c1-12(2)11-23-14(4)16(10-21-23)18(24)22-17-6-5-15(9-13(17)3)19-20-7-8-25-19/h5-10,12H,11H2,1-4H3,(H,22,24). The van der Waals surface area contributed by atoms with E-state index < -0.39 is 0 Å². The summed E-state index contributed by atoms with van der Waals surface area (Å²) in [5.74, 6) is 0.880. The summed E-state index contributed by atoms with van der Waals surface area (Å²) >= 11 is 0. The second-order valence-electron chi connectivity index (χ2n) is 6.54. The van der Waals surface area contributed by atoms with Crippen LogP contribution in [0.3, 0.4) is 0 Å². The first-order chi connectivity index (χ1) is 12.0. The summed E-state index contributed by atoms with van der Waals surface area (Å²) in [6, 6.07) is 5.68. The van der Waals surface area contributed by atoms with Crippen LogP contribution in [-0.2, 0) is 6.54 Å². The normalized spacial score (nSPS) is 11.1. The fourth-order valence-electron chi connectivity index (χ4n) is 2.69. The van der Waals surface area contributed by atoms with E-state index >= 15 is 0 Å². The minimum Gasteiger partial charge on any atom is -0.445 e. The van der Waals surface area contributed by atoms with Crippen LogP contribution in [0.4, 0.5) is 5.69 Å². The van der Waals surface area contributed by atoms with Gasteiger partial charge in [-0.3, -0.25) is 9.48 Å². The lowest BCUT2D eigenvalue weighted by atomic mass is 10.1. The first kappa shape index (κ1) is 17.0. The molecule has 25 heavy (non-hydrogen) atoms. The van der Waals surface area contributed by atoms with Crippen molar-refractivity contribution >= 4 is 11.6 Å². The van der Waals surface area contributed by atoms with Crippen LogP contribution in [0.25, 0.3) is 11.5 Å². The summed E-state index contributed by atoms with van der Waals surface area (Å²) in [5.41, 5.74) is 4.05. The predicted molar refractivity (Wildman–Crippen MR) is 96.4 cm³/mol. The van der Waals surface area contributed by atoms with Crippen LogP contribution >= 0.6 is 0 Å². The van der Waals surface area contributed by atoms with Gasteiger partial charge in [0.15, 0.2) is 0 Å². The minimum atomic E-state index is -0.153. The van der Waals surface area contributed by atoms with Crippen molar-refractivity contribution in [1.82, 2.24) is 14.8 Å². The zero-order valence-corrected chi connectivity index (χ0v) is 14.9. The molecule has 0 aliphatic carbocycles. The molecule has 6 nitrogen and oxygen atoms in total. The van der Waals surface area contributed by atoms with E-state index in [-0.39, 0.29) is 5.91 Å². The van der Waals surface area contributed by atoms with Gasteiger partial charge in [0.2, 0.25) is 5.89 Å². The number of aryl methyl sites for hydroxylation is 1. The number of hydrogen-bond acceptors (Lipinski definition) is 4. The SMILES string of the molecule is Cc1cc(-c2ncco2)ccc1NC(=O)c1cnn(CC(C)C)c1C. The number of benzene rings is 1. The molecule has 2 heterocycles. The van der Waals surface area contributed by atoms with Gasteiger partial charge in [0.05, 0.1) is 18.0 Å². The predicted octanol–water partition coefficient (Wildman–Crippen LogP) is 4.06. The van der Waals surface area contributed by atoms with Crippen LogP contribution in [0.2, 0.25) is 0 Å². The first-order valence-corrected chi connectivity index (χ1v) is 8.30. The molecule has 0 unspecified atom stereocenters. The lowest BCUT2D eigenvalue weighted by Gasteiger charge is -2.10. The Labute approximate surface area is 146 Å². The van der Waals surface area contributed by atoms with Gasteiger partial charge < -0.3 is 9.73 Å². The first-order valence-electron chi connectivity index (χ1n) is 8.30. The molecule has 2 aromatic heterocycles. The number of carbonyl (C=O) groups is 1. The molecule has 0 saturated carbocycles. The van der Waals surface area contributed by atoms with Crippen LogP contribution in [0.1, 0.15) is 35.5 Å². The van der Waals surface area contributed by atoms with Crippen molar-refractivity contribution in [3.05, 3.63) is 53.7 Å². The van der Waals surface area contributed by atoms with Crippen molar-refractivity contribution in [1.29, 1.82) is 0 Å². The largest absolute Gasteiger partial charge is 0.445 e. The van der Waals surface area contributed by atoms with E-state index in [2.05, 4.69) is 29.2 Å². The van der Waals surface area contributed by atoms with Gasteiger partial charge in [0, 0.05) is 23.5 Å². The molecule has 0 aliphatic rings. The maximum atomic E-state index is 12.6. The average molecular weight is 338 g/mol. The smallest absolute Gasteiger partial charge is 0.259 e. The summed E-state index contributed by atoms with van der Waals surface area (Å²) in [6.07, 6.45) is 4.78. The van der Waals surface area contributed by atoms with Crippen molar-refractivity contribution < 1.29 is 9.21 Å². The molecule has 0 radical (unpaired) electrons. The summed E-state index contributed by atoms with van der Waals surface area (Å²) in [5, 5.41) is 7.29. The molecule has 0 spiro atoms. The van der Waals surface area contributed by atoms with Gasteiger partial charge >= 0.3 is 0 Å². The summed E-state index contributed by atoms with van der Waals surface area (Å²) in [4.78, 5) is 16.7. The third-order valence-corrected chi connectivity index (χ3v) is 4.04. The Morgan fingerprint density at radius 1 is 1.32 bits per heavy atom. The molecular formula is C19H22N4O2. The highest BCUT2D eigenvalue weighted by Crippen LogP contribution is 2.24. The molecule has 130 valence electrons. The van der Waals surface area contributed by atoms with Crippen molar-refractivity contribution in [2.45, 2.75) is 34.2 Å². The van der Waals surface area contributed by atoms with Crippen molar-refractivity contribution in [2.24, 2.45) is 5.92 Å². The van der Waals surface area contributed by atoms with Gasteiger partial charge in [-0.25, -0.2) is 4.98 Å². The van der Waals surface area contributed by atoms with Crippen molar-refractivity contribution in [2.75, 3.05) is 5.32 Å². The van der Waals surface area contributed by atoms with E-state index in [4.69, 9.17) is 4.42 Å². The Kier molecular flexibility index (Phi) is 4.70. The number of anilines is 1. The molecule has 0 aliphatic heterocycles. The number of oxazole rings is 1. The lowest BCUT2D eigenvalue weighted by molar-refractivity contribution is 0.102. The molecule has 1 N–H and O–H groups in total. The van der Waals surface area contributed by atoms with E-state index in [0.29, 0.717) is 17.4 Å². The Bertz CT molecular complexity index is 879. The van der Waals surface area contributed by atoms with E-state index in [1.54, 1.807) is 12.4 Å². The maximum absolute atomic E-state index is 12.6. The Morgan fingerprint density at radius 3 is 2.76 bits per heavy atom. The Hall–Kier alpha value is -2.89. The van der Waals surface area contributed by atoms with Crippen molar-refractivity contribution in [3.63, 3.8) is 0 Å². The second-order valence-corrected chi connectivity index (χ2v) is 6.54. The summed E-state index contributed by atoms with van der Waals surface area (Å²) in [6.45, 7) is 8.90. The van der Waals surface area contributed by atoms with Gasteiger partial charge in [0.25, 0.3) is 5.91 Å². The van der Waals surface area contributed by atoms with Crippen LogP contribution in [-0.4, -0.2) is 20.7 Å². The minimum absolute atomic E-state index is 0.153. The zero-order valence-electron chi connectivity index (χ0n) is 14.9. The van der Waals surface area contributed by atoms with Gasteiger partial charge in [-0.1, -0.05) is 13.8 Å². The van der Waals surface area contributed by atoms with E-state index in [1.807, 2.05) is 36.7 Å². The maximum Gasteiger partial charge on any atom is 0.259 e. The molecule has 6 heteroatoms. The zero-order chi connectivity index (χ0) is 18.0.